The van der Waals surface area contributed by atoms with E-state index < -0.39 is 17.2 Å². The molecule has 0 unspecified atom stereocenters. The zero-order valence-electron chi connectivity index (χ0n) is 18.9. The van der Waals surface area contributed by atoms with Crippen LogP contribution >= 0.6 is 0 Å². The zero-order chi connectivity index (χ0) is 23.4. The summed E-state index contributed by atoms with van der Waals surface area (Å²) in [6.07, 6.45) is 5.40. The SMILES string of the molecule is C=CCC(CC=C)(CNC(=O)C(=O)NCCc1ccccc1)c1ccc(OC)c(OC)c1. The Kier molecular flexibility index (Phi) is 9.54. The van der Waals surface area contributed by atoms with E-state index in [1.165, 1.54) is 0 Å². The smallest absolute Gasteiger partial charge is 0.309 e. The number of hydrogen-bond donors (Lipinski definition) is 2. The van der Waals surface area contributed by atoms with E-state index in [-0.39, 0.29) is 6.54 Å². The van der Waals surface area contributed by atoms with Crippen molar-refractivity contribution in [1.82, 2.24) is 10.6 Å². The van der Waals surface area contributed by atoms with E-state index in [0.717, 1.165) is 11.1 Å². The number of carbonyl (C=O) groups excluding carboxylic acids is 2. The average molecular weight is 437 g/mol. The Balaban J connectivity index is 2.09. The molecule has 2 rings (SSSR count). The van der Waals surface area contributed by atoms with Crippen molar-refractivity contribution < 1.29 is 19.1 Å². The summed E-state index contributed by atoms with van der Waals surface area (Å²) in [4.78, 5) is 24.8. The molecule has 170 valence electrons. The standard InChI is InChI=1S/C26H32N2O4/c1-5-15-26(16-6-2,21-12-13-22(31-3)23(18-21)32-4)19-28-25(30)24(29)27-17-14-20-10-8-7-9-11-20/h5-13,18H,1-2,14-17,19H2,3-4H3,(H,27,29)(H,28,30). The molecule has 0 aromatic heterocycles. The number of methoxy groups -OCH3 is 2. The molecule has 32 heavy (non-hydrogen) atoms. The minimum absolute atomic E-state index is 0.242. The Bertz CT molecular complexity index is 915. The van der Waals surface area contributed by atoms with Gasteiger partial charge in [-0.05, 0) is 42.5 Å². The first-order chi connectivity index (χ1) is 15.5. The fourth-order valence-corrected chi connectivity index (χ4v) is 3.66. The quantitative estimate of drug-likeness (QED) is 0.394. The van der Waals surface area contributed by atoms with Gasteiger partial charge in [-0.25, -0.2) is 0 Å². The van der Waals surface area contributed by atoms with Gasteiger partial charge in [-0.2, -0.15) is 0 Å². The number of carbonyl (C=O) groups is 2. The number of nitrogens with one attached hydrogen (secondary N) is 2. The average Bonchev–Trinajstić information content (AvgIpc) is 2.82. The Morgan fingerprint density at radius 2 is 1.53 bits per heavy atom. The van der Waals surface area contributed by atoms with E-state index in [4.69, 9.17) is 9.47 Å². The predicted molar refractivity (Wildman–Crippen MR) is 127 cm³/mol. The highest BCUT2D eigenvalue weighted by Gasteiger charge is 2.32. The van der Waals surface area contributed by atoms with Crippen LogP contribution in [0.4, 0.5) is 0 Å². The van der Waals surface area contributed by atoms with Crippen LogP contribution in [0, 0.1) is 0 Å². The van der Waals surface area contributed by atoms with E-state index in [1.807, 2.05) is 48.5 Å². The lowest BCUT2D eigenvalue weighted by atomic mass is 9.74. The van der Waals surface area contributed by atoms with Crippen LogP contribution in [0.5, 0.6) is 11.5 Å². The van der Waals surface area contributed by atoms with Crippen LogP contribution in [-0.4, -0.2) is 39.1 Å². The number of benzene rings is 2. The van der Waals surface area contributed by atoms with Crippen molar-refractivity contribution >= 4 is 11.8 Å². The van der Waals surface area contributed by atoms with Crippen molar-refractivity contribution in [2.24, 2.45) is 0 Å². The van der Waals surface area contributed by atoms with Gasteiger partial charge < -0.3 is 20.1 Å². The summed E-state index contributed by atoms with van der Waals surface area (Å²) >= 11 is 0. The maximum atomic E-state index is 12.5. The number of allylic oxidation sites excluding steroid dienone is 2. The summed E-state index contributed by atoms with van der Waals surface area (Å²) in [7, 11) is 3.15. The van der Waals surface area contributed by atoms with E-state index in [0.29, 0.717) is 37.3 Å². The molecule has 0 spiro atoms. The van der Waals surface area contributed by atoms with Crippen molar-refractivity contribution in [2.75, 3.05) is 27.3 Å². The first-order valence-electron chi connectivity index (χ1n) is 10.5. The third kappa shape index (κ3) is 6.48. The van der Waals surface area contributed by atoms with Crippen LogP contribution in [0.25, 0.3) is 0 Å². The van der Waals surface area contributed by atoms with Crippen molar-refractivity contribution in [3.63, 3.8) is 0 Å². The second kappa shape index (κ2) is 12.3. The van der Waals surface area contributed by atoms with Crippen LogP contribution in [0.1, 0.15) is 24.0 Å². The third-order valence-corrected chi connectivity index (χ3v) is 5.40. The zero-order valence-corrected chi connectivity index (χ0v) is 18.9. The van der Waals surface area contributed by atoms with Gasteiger partial charge in [-0.1, -0.05) is 48.6 Å². The molecule has 0 saturated heterocycles. The van der Waals surface area contributed by atoms with Gasteiger partial charge in [0.25, 0.3) is 0 Å². The summed E-state index contributed by atoms with van der Waals surface area (Å²) in [5, 5.41) is 5.46. The number of rotatable bonds is 12. The summed E-state index contributed by atoms with van der Waals surface area (Å²) in [6.45, 7) is 8.38. The van der Waals surface area contributed by atoms with E-state index in [9.17, 15) is 9.59 Å². The van der Waals surface area contributed by atoms with Gasteiger partial charge in [-0.15, -0.1) is 13.2 Å². The predicted octanol–water partition coefficient (Wildman–Crippen LogP) is 3.57. The molecule has 0 aliphatic heterocycles. The molecule has 0 aliphatic carbocycles. The molecule has 6 nitrogen and oxygen atoms in total. The Morgan fingerprint density at radius 3 is 2.12 bits per heavy atom. The summed E-state index contributed by atoms with van der Waals surface area (Å²) in [5.74, 6) is -0.118. The first kappa shape index (κ1) is 24.7. The molecule has 0 aliphatic rings. The molecule has 0 atom stereocenters. The van der Waals surface area contributed by atoms with Crippen molar-refractivity contribution in [2.45, 2.75) is 24.7 Å². The first-order valence-corrected chi connectivity index (χ1v) is 10.5. The lowest BCUT2D eigenvalue weighted by Gasteiger charge is -2.33. The minimum atomic E-state index is -0.670. The van der Waals surface area contributed by atoms with Crippen LogP contribution in [-0.2, 0) is 21.4 Å². The highest BCUT2D eigenvalue weighted by molar-refractivity contribution is 6.35. The lowest BCUT2D eigenvalue weighted by Crippen LogP contribution is -2.46. The van der Waals surface area contributed by atoms with E-state index in [1.54, 1.807) is 26.4 Å². The van der Waals surface area contributed by atoms with Crippen LogP contribution < -0.4 is 20.1 Å². The van der Waals surface area contributed by atoms with Gasteiger partial charge >= 0.3 is 11.8 Å². The third-order valence-electron chi connectivity index (χ3n) is 5.40. The van der Waals surface area contributed by atoms with Gasteiger partial charge in [0, 0.05) is 18.5 Å². The van der Waals surface area contributed by atoms with Crippen molar-refractivity contribution in [3.05, 3.63) is 85.0 Å². The van der Waals surface area contributed by atoms with Crippen LogP contribution in [0.15, 0.2) is 73.8 Å². The topological polar surface area (TPSA) is 76.7 Å². The molecule has 0 fully saturated rings. The lowest BCUT2D eigenvalue weighted by molar-refractivity contribution is -0.139. The van der Waals surface area contributed by atoms with Crippen LogP contribution in [0.2, 0.25) is 0 Å². The Labute approximate surface area is 190 Å². The normalized spacial score (nSPS) is 10.7. The molecule has 0 heterocycles. The Morgan fingerprint density at radius 1 is 0.906 bits per heavy atom. The molecule has 2 N–H and O–H groups in total. The Hall–Kier alpha value is -3.54. The second-order valence-electron chi connectivity index (χ2n) is 7.51. The maximum absolute atomic E-state index is 12.5. The fourth-order valence-electron chi connectivity index (χ4n) is 3.66. The van der Waals surface area contributed by atoms with E-state index >= 15 is 0 Å². The summed E-state index contributed by atoms with van der Waals surface area (Å²) in [6, 6.07) is 15.4. The van der Waals surface area contributed by atoms with Gasteiger partial charge in [-0.3, -0.25) is 9.59 Å². The van der Waals surface area contributed by atoms with Crippen molar-refractivity contribution in [1.29, 1.82) is 0 Å². The van der Waals surface area contributed by atoms with Gasteiger partial charge in [0.1, 0.15) is 0 Å². The minimum Gasteiger partial charge on any atom is -0.493 e. The van der Waals surface area contributed by atoms with Crippen LogP contribution in [0.3, 0.4) is 0 Å². The van der Waals surface area contributed by atoms with Crippen molar-refractivity contribution in [3.8, 4) is 11.5 Å². The molecular weight excluding hydrogens is 404 g/mol. The highest BCUT2D eigenvalue weighted by atomic mass is 16.5. The molecule has 2 aromatic carbocycles. The summed E-state index contributed by atoms with van der Waals surface area (Å²) < 4.78 is 10.8. The highest BCUT2D eigenvalue weighted by Crippen LogP contribution is 2.37. The van der Waals surface area contributed by atoms with Gasteiger partial charge in [0.2, 0.25) is 0 Å². The molecule has 6 heteroatoms. The van der Waals surface area contributed by atoms with Gasteiger partial charge in [0.05, 0.1) is 14.2 Å². The molecule has 2 amide bonds. The number of amides is 2. The summed E-state index contributed by atoms with van der Waals surface area (Å²) in [5.41, 5.74) is 1.50. The fraction of sp³-hybridized carbons (Fsp3) is 0.308. The second-order valence-corrected chi connectivity index (χ2v) is 7.51. The maximum Gasteiger partial charge on any atom is 0.309 e. The molecule has 0 radical (unpaired) electrons. The number of ether oxygens (including phenoxy) is 2. The molecule has 0 bridgehead atoms. The largest absolute Gasteiger partial charge is 0.493 e. The molecular formula is C26H32N2O4. The monoisotopic (exact) mass is 436 g/mol. The van der Waals surface area contributed by atoms with E-state index in [2.05, 4.69) is 23.8 Å². The molecule has 2 aromatic rings. The number of hydrogen-bond acceptors (Lipinski definition) is 4. The molecule has 0 saturated carbocycles. The van der Waals surface area contributed by atoms with Gasteiger partial charge in [0.15, 0.2) is 11.5 Å².